The Morgan fingerprint density at radius 3 is 2.53 bits per heavy atom. The summed E-state index contributed by atoms with van der Waals surface area (Å²) in [6.07, 6.45) is 7.47. The molecular formula is C34H48N8O5. The van der Waals surface area contributed by atoms with Gasteiger partial charge in [0.25, 0.3) is 5.91 Å². The van der Waals surface area contributed by atoms with Gasteiger partial charge in [-0.05, 0) is 84.6 Å². The standard InChI is InChI=1S/C34H48N8O5/c1-22-17-27(24-18-35-39(6)28(24)36-22)40-14-7-26-25(19-40)23(2)38-42(26)20-32-8-11-33(12-9-32,13-10-32)37-29(43)34(45)21-46-16-15-41(34)30(44)47-31(3,4)5/h17-18,45H,7-16,19-21H2,1-6H3,(H,37,43)/t32?,33?,34-/m0/s1. The van der Waals surface area contributed by atoms with Crippen molar-refractivity contribution in [2.75, 3.05) is 31.2 Å². The molecule has 5 aliphatic rings. The number of anilines is 1. The first-order valence-electron chi connectivity index (χ1n) is 16.9. The first-order chi connectivity index (χ1) is 22.2. The van der Waals surface area contributed by atoms with Crippen LogP contribution >= 0.6 is 0 Å². The van der Waals surface area contributed by atoms with Gasteiger partial charge in [0, 0.05) is 55.6 Å². The molecule has 2 aliphatic heterocycles. The Bertz CT molecular complexity index is 1700. The maximum absolute atomic E-state index is 13.7. The molecular weight excluding hydrogens is 600 g/mol. The van der Waals surface area contributed by atoms with Gasteiger partial charge in [0.05, 0.1) is 36.1 Å². The average Bonchev–Trinajstić information content (AvgIpc) is 3.54. The summed E-state index contributed by atoms with van der Waals surface area (Å²) in [6, 6.07) is 2.16. The van der Waals surface area contributed by atoms with Gasteiger partial charge in [-0.25, -0.2) is 9.78 Å². The lowest BCUT2D eigenvalue weighted by molar-refractivity contribution is -0.195. The van der Waals surface area contributed by atoms with Crippen molar-refractivity contribution in [2.45, 2.75) is 110 Å². The first-order valence-corrected chi connectivity index (χ1v) is 16.9. The lowest BCUT2D eigenvalue weighted by atomic mass is 9.57. The van der Waals surface area contributed by atoms with Crippen LogP contribution in [0, 0.1) is 19.3 Å². The predicted octanol–water partition coefficient (Wildman–Crippen LogP) is 3.51. The molecule has 0 unspecified atom stereocenters. The molecule has 4 fully saturated rings. The van der Waals surface area contributed by atoms with Crippen LogP contribution in [0.3, 0.4) is 0 Å². The van der Waals surface area contributed by atoms with Gasteiger partial charge in [-0.1, -0.05) is 0 Å². The van der Waals surface area contributed by atoms with Crippen molar-refractivity contribution in [3.63, 3.8) is 0 Å². The molecule has 13 nitrogen and oxygen atoms in total. The molecule has 0 aromatic carbocycles. The fourth-order valence-electron chi connectivity index (χ4n) is 8.21. The van der Waals surface area contributed by atoms with Crippen molar-refractivity contribution in [3.8, 4) is 0 Å². The van der Waals surface area contributed by atoms with E-state index >= 15 is 0 Å². The predicted molar refractivity (Wildman–Crippen MR) is 175 cm³/mol. The Kier molecular flexibility index (Phi) is 7.58. The number of aliphatic hydroxyl groups is 1. The topological polar surface area (TPSA) is 140 Å². The average molecular weight is 649 g/mol. The maximum atomic E-state index is 13.7. The minimum absolute atomic E-state index is 0.0797. The Morgan fingerprint density at radius 1 is 1.11 bits per heavy atom. The number of hydrogen-bond acceptors (Lipinski definition) is 9. The molecule has 1 atom stereocenters. The van der Waals surface area contributed by atoms with Crippen molar-refractivity contribution in [1.29, 1.82) is 0 Å². The van der Waals surface area contributed by atoms with Gasteiger partial charge in [0.1, 0.15) is 12.2 Å². The highest BCUT2D eigenvalue weighted by Gasteiger charge is 2.54. The molecule has 8 rings (SSSR count). The molecule has 2 bridgehead atoms. The quantitative estimate of drug-likeness (QED) is 0.426. The summed E-state index contributed by atoms with van der Waals surface area (Å²) in [7, 11) is 1.93. The van der Waals surface area contributed by atoms with Crippen LogP contribution in [0.2, 0.25) is 0 Å². The lowest BCUT2D eigenvalue weighted by Crippen LogP contribution is -2.70. The highest BCUT2D eigenvalue weighted by molar-refractivity contribution is 5.90. The van der Waals surface area contributed by atoms with E-state index in [-0.39, 0.29) is 25.2 Å². The van der Waals surface area contributed by atoms with E-state index in [4.69, 9.17) is 19.6 Å². The summed E-state index contributed by atoms with van der Waals surface area (Å²) in [5.41, 5.74) is 3.63. The summed E-state index contributed by atoms with van der Waals surface area (Å²) >= 11 is 0. The summed E-state index contributed by atoms with van der Waals surface area (Å²) in [6.45, 7) is 12.1. The van der Waals surface area contributed by atoms with Crippen LogP contribution in [0.1, 0.15) is 81.9 Å². The van der Waals surface area contributed by atoms with E-state index < -0.39 is 28.9 Å². The molecule has 3 aromatic heterocycles. The summed E-state index contributed by atoms with van der Waals surface area (Å²) < 4.78 is 15.1. The zero-order valence-corrected chi connectivity index (χ0v) is 28.6. The third-order valence-electron chi connectivity index (χ3n) is 10.9. The highest BCUT2D eigenvalue weighted by atomic mass is 16.6. The van der Waals surface area contributed by atoms with E-state index in [9.17, 15) is 14.7 Å². The van der Waals surface area contributed by atoms with Crippen LogP contribution in [-0.2, 0) is 40.8 Å². The van der Waals surface area contributed by atoms with Gasteiger partial charge < -0.3 is 24.8 Å². The molecule has 1 saturated heterocycles. The van der Waals surface area contributed by atoms with Gasteiger partial charge in [-0.2, -0.15) is 10.2 Å². The lowest BCUT2D eigenvalue weighted by Gasteiger charge is -2.54. The first kappa shape index (κ1) is 31.9. The summed E-state index contributed by atoms with van der Waals surface area (Å²) in [4.78, 5) is 34.9. The number of morpholine rings is 1. The number of carbonyl (C=O) groups excluding carboxylic acids is 2. The van der Waals surface area contributed by atoms with Crippen LogP contribution in [0.5, 0.6) is 0 Å². The van der Waals surface area contributed by atoms with Crippen molar-refractivity contribution in [2.24, 2.45) is 12.5 Å². The maximum Gasteiger partial charge on any atom is 0.413 e. The Balaban J connectivity index is 1.03. The molecule has 0 radical (unpaired) electrons. The molecule has 3 aromatic rings. The summed E-state index contributed by atoms with van der Waals surface area (Å²) in [5.74, 6) is -0.591. The Morgan fingerprint density at radius 2 is 1.83 bits per heavy atom. The van der Waals surface area contributed by atoms with Crippen LogP contribution in [0.4, 0.5) is 10.5 Å². The molecule has 0 spiro atoms. The largest absolute Gasteiger partial charge is 0.444 e. The van der Waals surface area contributed by atoms with E-state index in [0.717, 1.165) is 91.9 Å². The van der Waals surface area contributed by atoms with E-state index in [1.165, 1.54) is 16.9 Å². The number of rotatable bonds is 5. The zero-order chi connectivity index (χ0) is 33.4. The van der Waals surface area contributed by atoms with E-state index in [0.29, 0.717) is 0 Å². The number of nitrogens with one attached hydrogen (secondary N) is 1. The van der Waals surface area contributed by atoms with E-state index in [2.05, 4.69) is 33.0 Å². The molecule has 2 amide bonds. The SMILES string of the molecule is Cc1cc(N2CCc3c(c(C)nn3CC34CCC(NC(=O)[C@@]5(O)COCCN5C(=O)OC(C)(C)C)(CC3)CC4)C2)c2cnn(C)c2n1. The third-order valence-corrected chi connectivity index (χ3v) is 10.9. The molecule has 254 valence electrons. The Labute approximate surface area is 275 Å². The number of aromatic nitrogens is 5. The zero-order valence-electron chi connectivity index (χ0n) is 28.6. The fourth-order valence-corrected chi connectivity index (χ4v) is 8.21. The smallest absolute Gasteiger partial charge is 0.413 e. The number of ether oxygens (including phenoxy) is 2. The van der Waals surface area contributed by atoms with Crippen molar-refractivity contribution < 1.29 is 24.2 Å². The van der Waals surface area contributed by atoms with Crippen molar-refractivity contribution >= 4 is 28.7 Å². The number of pyridine rings is 1. The number of amides is 2. The van der Waals surface area contributed by atoms with E-state index in [1.807, 2.05) is 24.9 Å². The van der Waals surface area contributed by atoms with Crippen LogP contribution in [0.15, 0.2) is 12.3 Å². The van der Waals surface area contributed by atoms with E-state index in [1.54, 1.807) is 20.8 Å². The molecule has 13 heteroatoms. The van der Waals surface area contributed by atoms with Gasteiger partial charge in [0.2, 0.25) is 5.72 Å². The van der Waals surface area contributed by atoms with Crippen LogP contribution in [-0.4, -0.2) is 89.7 Å². The Hall–Kier alpha value is -3.71. The minimum Gasteiger partial charge on any atom is -0.444 e. The molecule has 3 aliphatic carbocycles. The van der Waals surface area contributed by atoms with Gasteiger partial charge in [-0.15, -0.1) is 0 Å². The minimum atomic E-state index is -2.11. The number of hydrogen-bond donors (Lipinski definition) is 2. The number of carbonyl (C=O) groups is 2. The van der Waals surface area contributed by atoms with Crippen LogP contribution in [0.25, 0.3) is 11.0 Å². The number of nitrogens with zero attached hydrogens (tertiary/aromatic N) is 7. The second-order valence-electron chi connectivity index (χ2n) is 15.4. The van der Waals surface area contributed by atoms with Crippen LogP contribution < -0.4 is 10.2 Å². The fraction of sp³-hybridized carbons (Fsp3) is 0.676. The third kappa shape index (κ3) is 5.64. The van der Waals surface area contributed by atoms with Gasteiger partial charge >= 0.3 is 6.09 Å². The van der Waals surface area contributed by atoms with Crippen molar-refractivity contribution in [1.82, 2.24) is 34.8 Å². The summed E-state index contributed by atoms with van der Waals surface area (Å²) in [5, 5.41) is 25.3. The molecule has 2 N–H and O–H groups in total. The van der Waals surface area contributed by atoms with Gasteiger partial charge in [-0.3, -0.25) is 19.1 Å². The molecule has 3 saturated carbocycles. The number of fused-ring (bicyclic) bond motifs is 5. The normalized spacial score (nSPS) is 27.6. The second-order valence-corrected chi connectivity index (χ2v) is 15.4. The van der Waals surface area contributed by atoms with Crippen molar-refractivity contribution in [3.05, 3.63) is 34.9 Å². The van der Waals surface area contributed by atoms with Gasteiger partial charge in [0.15, 0.2) is 5.65 Å². The monoisotopic (exact) mass is 648 g/mol. The molecule has 5 heterocycles. The number of aryl methyl sites for hydroxylation is 3. The highest BCUT2D eigenvalue weighted by Crippen LogP contribution is 2.53. The second kappa shape index (κ2) is 11.2. The molecule has 47 heavy (non-hydrogen) atoms.